The number of carbonyl (C=O) groups is 1. The number of rotatable bonds is 2. The first-order valence-electron chi connectivity index (χ1n) is 6.46. The topological polar surface area (TPSA) is 80.9 Å². The zero-order valence-corrected chi connectivity index (χ0v) is 12.1. The highest BCUT2D eigenvalue weighted by atomic mass is 19.1. The third-order valence-corrected chi connectivity index (χ3v) is 2.84. The number of nitrogens with two attached hydrogens (primary N) is 1. The lowest BCUT2D eigenvalue weighted by Crippen LogP contribution is -2.18. The molecule has 0 saturated heterocycles. The molecule has 3 N–H and O–H groups in total. The quantitative estimate of drug-likeness (QED) is 0.890. The Hall–Kier alpha value is -2.50. The van der Waals surface area contributed by atoms with Crippen LogP contribution in [0.5, 0.6) is 0 Å². The first-order chi connectivity index (χ1) is 9.75. The van der Waals surface area contributed by atoms with Gasteiger partial charge in [-0.3, -0.25) is 4.79 Å². The molecule has 0 aliphatic heterocycles. The average molecular weight is 288 g/mol. The van der Waals surface area contributed by atoms with Crippen molar-refractivity contribution in [2.24, 2.45) is 0 Å². The van der Waals surface area contributed by atoms with Crippen molar-refractivity contribution in [3.05, 3.63) is 47.5 Å². The number of aromatic nitrogens is 2. The average Bonchev–Trinajstić information content (AvgIpc) is 2.39. The van der Waals surface area contributed by atoms with E-state index in [0.29, 0.717) is 5.56 Å². The molecule has 5 nitrogen and oxygen atoms in total. The molecule has 0 unspecified atom stereocenters. The van der Waals surface area contributed by atoms with Crippen LogP contribution in [0.3, 0.4) is 0 Å². The smallest absolute Gasteiger partial charge is 0.257 e. The summed E-state index contributed by atoms with van der Waals surface area (Å²) in [5, 5.41) is 2.59. The summed E-state index contributed by atoms with van der Waals surface area (Å²) in [5.41, 5.74) is 6.64. The molecule has 0 aromatic carbocycles. The van der Waals surface area contributed by atoms with E-state index in [-0.39, 0.29) is 23.0 Å². The molecule has 2 heterocycles. The van der Waals surface area contributed by atoms with Gasteiger partial charge in [0.25, 0.3) is 5.91 Å². The van der Waals surface area contributed by atoms with E-state index in [1.165, 1.54) is 18.2 Å². The van der Waals surface area contributed by atoms with Gasteiger partial charge in [-0.25, -0.2) is 14.4 Å². The van der Waals surface area contributed by atoms with Gasteiger partial charge in [-0.2, -0.15) is 0 Å². The summed E-state index contributed by atoms with van der Waals surface area (Å²) < 4.78 is 12.8. The van der Waals surface area contributed by atoms with Crippen LogP contribution in [0, 0.1) is 5.82 Å². The predicted octanol–water partition coefficient (Wildman–Crippen LogP) is 2.75. The fourth-order valence-corrected chi connectivity index (χ4v) is 1.71. The van der Waals surface area contributed by atoms with E-state index < -0.39 is 5.82 Å². The summed E-state index contributed by atoms with van der Waals surface area (Å²) in [4.78, 5) is 20.2. The van der Waals surface area contributed by atoms with Gasteiger partial charge in [-0.15, -0.1) is 0 Å². The summed E-state index contributed by atoms with van der Waals surface area (Å²) in [6.07, 6.45) is 1.04. The Morgan fingerprint density at radius 3 is 2.57 bits per heavy atom. The van der Waals surface area contributed by atoms with Crippen LogP contribution in [-0.2, 0) is 5.41 Å². The maximum Gasteiger partial charge on any atom is 0.257 e. The Morgan fingerprint density at radius 2 is 2.00 bits per heavy atom. The van der Waals surface area contributed by atoms with Crippen LogP contribution in [0.2, 0.25) is 0 Å². The van der Waals surface area contributed by atoms with E-state index in [1.807, 2.05) is 20.8 Å². The number of nitrogen functional groups attached to an aromatic ring is 1. The number of nitrogens with one attached hydrogen (secondary N) is 1. The number of anilines is 2. The maximum atomic E-state index is 12.8. The van der Waals surface area contributed by atoms with Gasteiger partial charge in [-0.1, -0.05) is 20.8 Å². The number of nitrogens with zero attached hydrogens (tertiary/aromatic N) is 2. The Labute approximate surface area is 122 Å². The van der Waals surface area contributed by atoms with Crippen LogP contribution in [0.25, 0.3) is 0 Å². The molecule has 0 atom stereocenters. The second-order valence-corrected chi connectivity index (χ2v) is 5.73. The van der Waals surface area contributed by atoms with Gasteiger partial charge >= 0.3 is 0 Å². The number of pyridine rings is 2. The van der Waals surface area contributed by atoms with Gasteiger partial charge in [0.2, 0.25) is 0 Å². The SMILES string of the molecule is CC(C)(C)c1cc(C(=O)Nc2ccc(F)cn2)cc(N)n1. The zero-order chi connectivity index (χ0) is 15.6. The normalized spacial score (nSPS) is 11.2. The van der Waals surface area contributed by atoms with Crippen LogP contribution < -0.4 is 11.1 Å². The van der Waals surface area contributed by atoms with Gasteiger partial charge in [-0.05, 0) is 24.3 Å². The molecule has 0 radical (unpaired) electrons. The van der Waals surface area contributed by atoms with Crippen molar-refractivity contribution in [1.82, 2.24) is 9.97 Å². The van der Waals surface area contributed by atoms with E-state index >= 15 is 0 Å². The zero-order valence-electron chi connectivity index (χ0n) is 12.1. The lowest BCUT2D eigenvalue weighted by molar-refractivity contribution is 0.102. The lowest BCUT2D eigenvalue weighted by atomic mass is 9.90. The molecule has 0 fully saturated rings. The van der Waals surface area contributed by atoms with E-state index in [0.717, 1.165) is 11.9 Å². The molecule has 0 bridgehead atoms. The summed E-state index contributed by atoms with van der Waals surface area (Å²) in [5.74, 6) is -0.279. The molecule has 6 heteroatoms. The second-order valence-electron chi connectivity index (χ2n) is 5.73. The maximum absolute atomic E-state index is 12.8. The molecular formula is C15H17FN4O. The van der Waals surface area contributed by atoms with Crippen molar-refractivity contribution in [2.75, 3.05) is 11.1 Å². The lowest BCUT2D eigenvalue weighted by Gasteiger charge is -2.19. The Balaban J connectivity index is 2.27. The van der Waals surface area contributed by atoms with E-state index in [1.54, 1.807) is 6.07 Å². The van der Waals surface area contributed by atoms with Crippen molar-refractivity contribution < 1.29 is 9.18 Å². The minimum absolute atomic E-state index is 0.224. The Bertz CT molecular complexity index is 662. The monoisotopic (exact) mass is 288 g/mol. The van der Waals surface area contributed by atoms with Crippen LogP contribution in [0.1, 0.15) is 36.8 Å². The third kappa shape index (κ3) is 3.75. The molecule has 2 rings (SSSR count). The van der Waals surface area contributed by atoms with Crippen LogP contribution in [0.4, 0.5) is 16.0 Å². The Kier molecular flexibility index (Phi) is 3.88. The van der Waals surface area contributed by atoms with Crippen LogP contribution in [0.15, 0.2) is 30.5 Å². The van der Waals surface area contributed by atoms with E-state index in [4.69, 9.17) is 5.73 Å². The summed E-state index contributed by atoms with van der Waals surface area (Å²) >= 11 is 0. The van der Waals surface area contributed by atoms with Crippen molar-refractivity contribution >= 4 is 17.5 Å². The molecule has 2 aromatic rings. The molecule has 0 spiro atoms. The van der Waals surface area contributed by atoms with Gasteiger partial charge in [0, 0.05) is 16.7 Å². The molecule has 0 saturated carbocycles. The van der Waals surface area contributed by atoms with E-state index in [9.17, 15) is 9.18 Å². The van der Waals surface area contributed by atoms with Crippen LogP contribution >= 0.6 is 0 Å². The van der Waals surface area contributed by atoms with Gasteiger partial charge in [0.05, 0.1) is 6.20 Å². The molecule has 21 heavy (non-hydrogen) atoms. The third-order valence-electron chi connectivity index (χ3n) is 2.84. The van der Waals surface area contributed by atoms with Crippen molar-refractivity contribution in [3.8, 4) is 0 Å². The fourth-order valence-electron chi connectivity index (χ4n) is 1.71. The molecular weight excluding hydrogens is 271 g/mol. The highest BCUT2D eigenvalue weighted by Gasteiger charge is 2.19. The molecule has 110 valence electrons. The van der Waals surface area contributed by atoms with Crippen LogP contribution in [-0.4, -0.2) is 15.9 Å². The summed E-state index contributed by atoms with van der Waals surface area (Å²) in [7, 11) is 0. The number of hydrogen-bond acceptors (Lipinski definition) is 4. The van der Waals surface area contributed by atoms with Crippen molar-refractivity contribution in [1.29, 1.82) is 0 Å². The highest BCUT2D eigenvalue weighted by molar-refractivity contribution is 6.04. The minimum atomic E-state index is -0.462. The highest BCUT2D eigenvalue weighted by Crippen LogP contribution is 2.22. The summed E-state index contributed by atoms with van der Waals surface area (Å²) in [6.45, 7) is 5.95. The second kappa shape index (κ2) is 5.47. The standard InChI is InChI=1S/C15H17FN4O/c1-15(2,3)11-6-9(7-12(17)19-11)14(21)20-13-5-4-10(16)8-18-13/h4-8H,1-3H3,(H2,17,19)(H,18,20,21). The van der Waals surface area contributed by atoms with Gasteiger partial charge in [0.15, 0.2) is 0 Å². The summed E-state index contributed by atoms with van der Waals surface area (Å²) in [6, 6.07) is 5.80. The fraction of sp³-hybridized carbons (Fsp3) is 0.267. The predicted molar refractivity (Wildman–Crippen MR) is 79.5 cm³/mol. The Morgan fingerprint density at radius 1 is 1.29 bits per heavy atom. The first-order valence-corrected chi connectivity index (χ1v) is 6.46. The van der Waals surface area contributed by atoms with Crippen molar-refractivity contribution in [3.63, 3.8) is 0 Å². The largest absolute Gasteiger partial charge is 0.384 e. The molecule has 0 aliphatic carbocycles. The van der Waals surface area contributed by atoms with Gasteiger partial charge in [0.1, 0.15) is 17.5 Å². The molecule has 0 aliphatic rings. The first kappa shape index (κ1) is 14.9. The number of amides is 1. The number of halogens is 1. The minimum Gasteiger partial charge on any atom is -0.384 e. The molecule has 2 aromatic heterocycles. The molecule has 1 amide bonds. The van der Waals surface area contributed by atoms with Crippen molar-refractivity contribution in [2.45, 2.75) is 26.2 Å². The number of carbonyl (C=O) groups excluding carboxylic acids is 1. The van der Waals surface area contributed by atoms with E-state index in [2.05, 4.69) is 15.3 Å². The van der Waals surface area contributed by atoms with Gasteiger partial charge < -0.3 is 11.1 Å². The number of hydrogen-bond donors (Lipinski definition) is 2.